The van der Waals surface area contributed by atoms with Crippen molar-refractivity contribution in [3.63, 3.8) is 0 Å². The van der Waals surface area contributed by atoms with Crippen LogP contribution in [-0.4, -0.2) is 34.3 Å². The Morgan fingerprint density at radius 3 is 2.79 bits per heavy atom. The topological polar surface area (TPSA) is 62.3 Å². The summed E-state index contributed by atoms with van der Waals surface area (Å²) in [7, 11) is 0. The minimum absolute atomic E-state index is 0.0199. The first-order valence-corrected chi connectivity index (χ1v) is 7.22. The molecule has 1 saturated heterocycles. The molecular formula is C13H19N3O2S. The van der Waals surface area contributed by atoms with Crippen LogP contribution in [0.5, 0.6) is 0 Å². The van der Waals surface area contributed by atoms with Crippen molar-refractivity contribution >= 4 is 23.2 Å². The molecule has 0 radical (unpaired) electrons. The molecule has 1 fully saturated rings. The van der Waals surface area contributed by atoms with Gasteiger partial charge in [-0.05, 0) is 5.41 Å². The summed E-state index contributed by atoms with van der Waals surface area (Å²) in [6, 6.07) is -0.470. The lowest BCUT2D eigenvalue weighted by atomic mass is 9.86. The van der Waals surface area contributed by atoms with Crippen LogP contribution in [0.2, 0.25) is 0 Å². The van der Waals surface area contributed by atoms with Crippen molar-refractivity contribution < 1.29 is 9.59 Å². The van der Waals surface area contributed by atoms with Gasteiger partial charge in [0.2, 0.25) is 11.8 Å². The highest BCUT2D eigenvalue weighted by molar-refractivity contribution is 7.09. The number of rotatable bonds is 2. The molecule has 6 heteroatoms. The zero-order valence-electron chi connectivity index (χ0n) is 11.5. The van der Waals surface area contributed by atoms with Crippen molar-refractivity contribution in [3.8, 4) is 0 Å². The summed E-state index contributed by atoms with van der Waals surface area (Å²) in [5, 5.41) is 5.62. The molecule has 0 aromatic carbocycles. The molecule has 1 atom stereocenters. The Morgan fingerprint density at radius 2 is 2.21 bits per heavy atom. The van der Waals surface area contributed by atoms with Gasteiger partial charge in [0.1, 0.15) is 11.0 Å². The molecule has 2 heterocycles. The quantitative estimate of drug-likeness (QED) is 0.891. The summed E-state index contributed by atoms with van der Waals surface area (Å²) in [6.07, 6.45) is 2.08. The maximum Gasteiger partial charge on any atom is 0.246 e. The van der Waals surface area contributed by atoms with Gasteiger partial charge in [0, 0.05) is 24.5 Å². The first-order valence-electron chi connectivity index (χ1n) is 6.34. The molecule has 1 aromatic rings. The molecule has 0 bridgehead atoms. The van der Waals surface area contributed by atoms with E-state index in [1.54, 1.807) is 11.1 Å². The van der Waals surface area contributed by atoms with Crippen molar-refractivity contribution in [1.29, 1.82) is 0 Å². The van der Waals surface area contributed by atoms with E-state index in [0.717, 1.165) is 5.01 Å². The van der Waals surface area contributed by atoms with E-state index in [2.05, 4.69) is 10.3 Å². The molecule has 2 rings (SSSR count). The Morgan fingerprint density at radius 1 is 1.47 bits per heavy atom. The number of nitrogens with zero attached hydrogens (tertiary/aromatic N) is 2. The molecule has 0 saturated carbocycles. The predicted octanol–water partition coefficient (Wildman–Crippen LogP) is 1.41. The Labute approximate surface area is 117 Å². The molecule has 0 spiro atoms. The number of carbonyl (C=O) groups is 2. The van der Waals surface area contributed by atoms with Crippen LogP contribution in [0.4, 0.5) is 0 Å². The fourth-order valence-corrected chi connectivity index (χ4v) is 2.69. The van der Waals surface area contributed by atoms with Crippen molar-refractivity contribution in [2.45, 2.75) is 39.8 Å². The minimum atomic E-state index is -0.470. The molecule has 104 valence electrons. The zero-order chi connectivity index (χ0) is 14.0. The smallest absolute Gasteiger partial charge is 0.246 e. The van der Waals surface area contributed by atoms with Crippen LogP contribution in [0.3, 0.4) is 0 Å². The zero-order valence-corrected chi connectivity index (χ0v) is 12.3. The lowest BCUT2D eigenvalue weighted by Crippen LogP contribution is -2.51. The lowest BCUT2D eigenvalue weighted by Gasteiger charge is -2.32. The van der Waals surface area contributed by atoms with Crippen molar-refractivity contribution in [2.75, 3.05) is 6.54 Å². The van der Waals surface area contributed by atoms with Gasteiger partial charge in [-0.3, -0.25) is 9.59 Å². The number of amides is 2. The molecule has 1 aliphatic heterocycles. The molecule has 1 aromatic heterocycles. The van der Waals surface area contributed by atoms with Gasteiger partial charge in [-0.25, -0.2) is 4.98 Å². The average molecular weight is 281 g/mol. The first-order chi connectivity index (χ1) is 8.88. The number of aromatic nitrogens is 1. The number of thiazole rings is 1. The molecule has 5 nitrogen and oxygen atoms in total. The van der Waals surface area contributed by atoms with Gasteiger partial charge >= 0.3 is 0 Å². The summed E-state index contributed by atoms with van der Waals surface area (Å²) in [5.74, 6) is -0.0801. The van der Waals surface area contributed by atoms with Gasteiger partial charge in [0.15, 0.2) is 0 Å². The maximum atomic E-state index is 12.6. The van der Waals surface area contributed by atoms with Crippen LogP contribution < -0.4 is 5.32 Å². The van der Waals surface area contributed by atoms with E-state index in [-0.39, 0.29) is 17.2 Å². The van der Waals surface area contributed by atoms with Gasteiger partial charge in [0.05, 0.1) is 6.54 Å². The minimum Gasteiger partial charge on any atom is -0.344 e. The lowest BCUT2D eigenvalue weighted by molar-refractivity contribution is -0.136. The SMILES string of the molecule is CC(C)(C)C1NC(=O)CCN(Cc2nccs2)C1=O. The van der Waals surface area contributed by atoms with E-state index in [0.29, 0.717) is 19.5 Å². The molecule has 1 unspecified atom stereocenters. The van der Waals surface area contributed by atoms with Gasteiger partial charge in [-0.15, -0.1) is 11.3 Å². The summed E-state index contributed by atoms with van der Waals surface area (Å²) in [6.45, 7) is 6.82. The van der Waals surface area contributed by atoms with E-state index in [4.69, 9.17) is 0 Å². The molecule has 2 amide bonds. The van der Waals surface area contributed by atoms with Crippen LogP contribution in [0, 0.1) is 5.41 Å². The maximum absolute atomic E-state index is 12.6. The van der Waals surface area contributed by atoms with Gasteiger partial charge in [0.25, 0.3) is 0 Å². The van der Waals surface area contributed by atoms with E-state index in [1.165, 1.54) is 11.3 Å². The van der Waals surface area contributed by atoms with Crippen LogP contribution >= 0.6 is 11.3 Å². The monoisotopic (exact) mass is 281 g/mol. The number of nitrogens with one attached hydrogen (secondary N) is 1. The highest BCUT2D eigenvalue weighted by atomic mass is 32.1. The van der Waals surface area contributed by atoms with Crippen molar-refractivity contribution in [2.24, 2.45) is 5.41 Å². The first kappa shape index (κ1) is 14.0. The van der Waals surface area contributed by atoms with Crippen molar-refractivity contribution in [1.82, 2.24) is 15.2 Å². The summed E-state index contributed by atoms with van der Waals surface area (Å²) in [5.41, 5.74) is -0.293. The van der Waals surface area contributed by atoms with Crippen LogP contribution in [-0.2, 0) is 16.1 Å². The second-order valence-electron chi connectivity index (χ2n) is 5.80. The summed E-state index contributed by atoms with van der Waals surface area (Å²) < 4.78 is 0. The third-order valence-electron chi connectivity index (χ3n) is 3.15. The second-order valence-corrected chi connectivity index (χ2v) is 6.78. The van der Waals surface area contributed by atoms with E-state index in [9.17, 15) is 9.59 Å². The fraction of sp³-hybridized carbons (Fsp3) is 0.615. The highest BCUT2D eigenvalue weighted by Crippen LogP contribution is 2.24. The average Bonchev–Trinajstić information content (AvgIpc) is 2.77. The summed E-state index contributed by atoms with van der Waals surface area (Å²) in [4.78, 5) is 30.2. The Balaban J connectivity index is 2.19. The molecule has 1 N–H and O–H groups in total. The third-order valence-corrected chi connectivity index (χ3v) is 3.91. The Kier molecular flexibility index (Phi) is 3.89. The Hall–Kier alpha value is -1.43. The predicted molar refractivity (Wildman–Crippen MR) is 73.5 cm³/mol. The highest BCUT2D eigenvalue weighted by Gasteiger charge is 2.37. The van der Waals surface area contributed by atoms with E-state index >= 15 is 0 Å². The largest absolute Gasteiger partial charge is 0.344 e. The standard InChI is InChI=1S/C13H19N3O2S/c1-13(2,3)11-12(18)16(6-4-9(17)15-11)8-10-14-5-7-19-10/h5,7,11H,4,6,8H2,1-3H3,(H,15,17). The fourth-order valence-electron chi connectivity index (χ4n) is 2.06. The molecule has 19 heavy (non-hydrogen) atoms. The molecule has 0 aliphatic carbocycles. The Bertz CT molecular complexity index is 465. The van der Waals surface area contributed by atoms with Crippen LogP contribution in [0.25, 0.3) is 0 Å². The second kappa shape index (κ2) is 5.28. The van der Waals surface area contributed by atoms with Gasteiger partial charge in [-0.2, -0.15) is 0 Å². The van der Waals surface area contributed by atoms with Gasteiger partial charge in [-0.1, -0.05) is 20.8 Å². The number of hydrogen-bond donors (Lipinski definition) is 1. The molecule has 1 aliphatic rings. The number of carbonyl (C=O) groups excluding carboxylic acids is 2. The van der Waals surface area contributed by atoms with E-state index in [1.807, 2.05) is 26.2 Å². The van der Waals surface area contributed by atoms with Crippen LogP contribution in [0.1, 0.15) is 32.2 Å². The van der Waals surface area contributed by atoms with Crippen molar-refractivity contribution in [3.05, 3.63) is 16.6 Å². The summed E-state index contributed by atoms with van der Waals surface area (Å²) >= 11 is 1.52. The van der Waals surface area contributed by atoms with Crippen LogP contribution in [0.15, 0.2) is 11.6 Å². The van der Waals surface area contributed by atoms with E-state index < -0.39 is 6.04 Å². The number of hydrogen-bond acceptors (Lipinski definition) is 4. The normalized spacial score (nSPS) is 21.2. The molecular weight excluding hydrogens is 262 g/mol. The van der Waals surface area contributed by atoms with Gasteiger partial charge < -0.3 is 10.2 Å². The third kappa shape index (κ3) is 3.32.